The van der Waals surface area contributed by atoms with Gasteiger partial charge in [-0.05, 0) is 76.0 Å². The van der Waals surface area contributed by atoms with Gasteiger partial charge in [0.25, 0.3) is 5.91 Å². The number of hydrogen-bond acceptors (Lipinski definition) is 3. The molecule has 140 valence electrons. The molecular weight excluding hydrogens is 329 g/mol. The Balaban J connectivity index is 1.71. The lowest BCUT2D eigenvalue weighted by Gasteiger charge is -2.39. The van der Waals surface area contributed by atoms with E-state index in [0.29, 0.717) is 5.69 Å². The van der Waals surface area contributed by atoms with Crippen molar-refractivity contribution >= 4 is 5.91 Å². The molecule has 0 spiro atoms. The Labute approximate surface area is 154 Å². The van der Waals surface area contributed by atoms with Gasteiger partial charge in [-0.15, -0.1) is 0 Å². The number of amides is 1. The molecule has 1 heterocycles. The van der Waals surface area contributed by atoms with E-state index in [1.54, 1.807) is 13.0 Å². The normalized spacial score (nSPS) is 28.5. The molecular formula is C21H28FN3O. The highest BCUT2D eigenvalue weighted by atomic mass is 19.1. The summed E-state index contributed by atoms with van der Waals surface area (Å²) in [5.41, 5.74) is 7.02. The maximum Gasteiger partial charge on any atom is 0.273 e. The van der Waals surface area contributed by atoms with Crippen molar-refractivity contribution in [2.24, 2.45) is 11.1 Å². The van der Waals surface area contributed by atoms with E-state index in [1.165, 1.54) is 12.5 Å². The van der Waals surface area contributed by atoms with Crippen LogP contribution in [0.5, 0.6) is 0 Å². The molecule has 1 amide bonds. The first-order valence-electron chi connectivity index (χ1n) is 9.38. The highest BCUT2D eigenvalue weighted by molar-refractivity contribution is 5.93. The molecule has 5 heteroatoms. The van der Waals surface area contributed by atoms with Crippen LogP contribution in [0, 0.1) is 18.2 Å². The predicted molar refractivity (Wildman–Crippen MR) is 101 cm³/mol. The number of allylic oxidation sites excluding steroid dienone is 4. The van der Waals surface area contributed by atoms with Gasteiger partial charge in [0.1, 0.15) is 0 Å². The largest absolute Gasteiger partial charge is 0.402 e. The molecule has 4 nitrogen and oxygen atoms in total. The Hall–Kier alpha value is -2.17. The van der Waals surface area contributed by atoms with Crippen molar-refractivity contribution in [3.05, 3.63) is 53.3 Å². The molecule has 3 rings (SSSR count). The highest BCUT2D eigenvalue weighted by Crippen LogP contribution is 2.55. The number of carbonyl (C=O) groups excluding carboxylic acids is 1. The van der Waals surface area contributed by atoms with Crippen LogP contribution in [0.25, 0.3) is 0 Å². The molecule has 3 N–H and O–H groups in total. The first-order chi connectivity index (χ1) is 12.3. The Morgan fingerprint density at radius 1 is 1.35 bits per heavy atom. The van der Waals surface area contributed by atoms with Crippen LogP contribution in [0.3, 0.4) is 0 Å². The Bertz CT molecular complexity index is 754. The second-order valence-electron chi connectivity index (χ2n) is 8.09. The van der Waals surface area contributed by atoms with Crippen LogP contribution in [0.2, 0.25) is 0 Å². The van der Waals surface area contributed by atoms with Gasteiger partial charge in [0.2, 0.25) is 0 Å². The number of pyridine rings is 1. The molecule has 2 unspecified atom stereocenters. The van der Waals surface area contributed by atoms with E-state index in [4.69, 9.17) is 5.73 Å². The average molecular weight is 357 g/mol. The summed E-state index contributed by atoms with van der Waals surface area (Å²) < 4.78 is 14.0. The molecule has 2 aliphatic rings. The van der Waals surface area contributed by atoms with Crippen LogP contribution in [-0.2, 0) is 0 Å². The number of hydrogen-bond donors (Lipinski definition) is 2. The lowest BCUT2D eigenvalue weighted by atomic mass is 9.71. The molecule has 0 aliphatic heterocycles. The number of aryl methyl sites for hydroxylation is 1. The van der Waals surface area contributed by atoms with Gasteiger partial charge in [-0.1, -0.05) is 18.6 Å². The Kier molecular flexibility index (Phi) is 5.17. The van der Waals surface area contributed by atoms with Crippen molar-refractivity contribution in [3.8, 4) is 0 Å². The SMILES string of the molecule is C/C(N)=C/C=C\CC12CCCC(NC(=O)c3nc(C)ccc3F)(CC1)C2. The smallest absolute Gasteiger partial charge is 0.273 e. The number of fused-ring (bicyclic) bond motifs is 2. The quantitative estimate of drug-likeness (QED) is 0.778. The lowest BCUT2D eigenvalue weighted by Crippen LogP contribution is -2.49. The highest BCUT2D eigenvalue weighted by Gasteiger charge is 2.51. The lowest BCUT2D eigenvalue weighted by molar-refractivity contribution is 0.0845. The summed E-state index contributed by atoms with van der Waals surface area (Å²) in [5.74, 6) is -0.947. The fraction of sp³-hybridized carbons (Fsp3) is 0.524. The van der Waals surface area contributed by atoms with E-state index in [1.807, 2.05) is 19.1 Å². The zero-order chi connectivity index (χ0) is 18.8. The summed E-state index contributed by atoms with van der Waals surface area (Å²) in [7, 11) is 0. The maximum atomic E-state index is 14.0. The molecule has 2 aliphatic carbocycles. The zero-order valence-corrected chi connectivity index (χ0v) is 15.6. The van der Waals surface area contributed by atoms with Crippen molar-refractivity contribution < 1.29 is 9.18 Å². The van der Waals surface area contributed by atoms with Crippen molar-refractivity contribution in [1.29, 1.82) is 0 Å². The van der Waals surface area contributed by atoms with E-state index in [9.17, 15) is 9.18 Å². The number of halogens is 1. The molecule has 2 fully saturated rings. The van der Waals surface area contributed by atoms with Crippen LogP contribution in [0.1, 0.15) is 68.1 Å². The van der Waals surface area contributed by atoms with Crippen LogP contribution >= 0.6 is 0 Å². The predicted octanol–water partition coefficient (Wildman–Crippen LogP) is 4.16. The summed E-state index contributed by atoms with van der Waals surface area (Å²) in [4.78, 5) is 16.8. The minimum Gasteiger partial charge on any atom is -0.402 e. The molecule has 2 bridgehead atoms. The van der Waals surface area contributed by atoms with Crippen LogP contribution in [-0.4, -0.2) is 16.4 Å². The van der Waals surface area contributed by atoms with E-state index < -0.39 is 5.82 Å². The van der Waals surface area contributed by atoms with Crippen molar-refractivity contribution in [1.82, 2.24) is 10.3 Å². The fourth-order valence-electron chi connectivity index (χ4n) is 4.61. The molecule has 0 aromatic carbocycles. The summed E-state index contributed by atoms with van der Waals surface area (Å²) >= 11 is 0. The van der Waals surface area contributed by atoms with Crippen molar-refractivity contribution in [2.75, 3.05) is 0 Å². The third-order valence-electron chi connectivity index (χ3n) is 5.83. The van der Waals surface area contributed by atoms with Crippen LogP contribution in [0.15, 0.2) is 36.1 Å². The summed E-state index contributed by atoms with van der Waals surface area (Å²) in [5, 5.41) is 3.14. The van der Waals surface area contributed by atoms with E-state index in [2.05, 4.69) is 16.4 Å². The second-order valence-corrected chi connectivity index (χ2v) is 8.09. The molecule has 2 atom stereocenters. The van der Waals surface area contributed by atoms with Gasteiger partial charge in [0.15, 0.2) is 11.5 Å². The summed E-state index contributed by atoms with van der Waals surface area (Å²) in [6.45, 7) is 3.64. The molecule has 0 radical (unpaired) electrons. The third kappa shape index (κ3) is 3.97. The van der Waals surface area contributed by atoms with Gasteiger partial charge < -0.3 is 11.1 Å². The Morgan fingerprint density at radius 2 is 2.15 bits per heavy atom. The molecule has 26 heavy (non-hydrogen) atoms. The minimum atomic E-state index is -0.559. The molecule has 0 saturated heterocycles. The van der Waals surface area contributed by atoms with Gasteiger partial charge in [-0.2, -0.15) is 0 Å². The average Bonchev–Trinajstić information content (AvgIpc) is 2.84. The monoisotopic (exact) mass is 357 g/mol. The first kappa shape index (κ1) is 18.6. The van der Waals surface area contributed by atoms with Crippen molar-refractivity contribution in [3.63, 3.8) is 0 Å². The van der Waals surface area contributed by atoms with Gasteiger partial charge in [0, 0.05) is 16.9 Å². The van der Waals surface area contributed by atoms with Crippen LogP contribution in [0.4, 0.5) is 4.39 Å². The first-order valence-corrected chi connectivity index (χ1v) is 9.38. The number of rotatable bonds is 5. The number of carbonyl (C=O) groups is 1. The van der Waals surface area contributed by atoms with Crippen LogP contribution < -0.4 is 11.1 Å². The maximum absolute atomic E-state index is 14.0. The van der Waals surface area contributed by atoms with Gasteiger partial charge >= 0.3 is 0 Å². The van der Waals surface area contributed by atoms with Gasteiger partial charge in [-0.25, -0.2) is 9.37 Å². The number of nitrogens with two attached hydrogens (primary N) is 1. The van der Waals surface area contributed by atoms with Crippen molar-refractivity contribution in [2.45, 2.75) is 64.3 Å². The summed E-state index contributed by atoms with van der Waals surface area (Å²) in [6, 6.07) is 2.89. The number of nitrogens with zero attached hydrogens (tertiary/aromatic N) is 1. The Morgan fingerprint density at radius 3 is 2.92 bits per heavy atom. The fourth-order valence-corrected chi connectivity index (χ4v) is 4.61. The van der Waals surface area contributed by atoms with Gasteiger partial charge in [0.05, 0.1) is 0 Å². The van der Waals surface area contributed by atoms with E-state index in [0.717, 1.165) is 44.2 Å². The standard InChI is InChI=1S/C21H28FN3O/c1-15(23)6-3-4-9-20-10-5-11-21(14-20,13-12-20)25-19(26)18-17(22)8-7-16(2)24-18/h3-4,6-8H,5,9-14,23H2,1-2H3,(H,25,26)/b4-3-,15-6-. The second kappa shape index (κ2) is 7.22. The van der Waals surface area contributed by atoms with Gasteiger partial charge in [-0.3, -0.25) is 4.79 Å². The summed E-state index contributed by atoms with van der Waals surface area (Å²) in [6.07, 6.45) is 13.3. The van der Waals surface area contributed by atoms with E-state index in [-0.39, 0.29) is 22.6 Å². The number of nitrogens with one attached hydrogen (secondary N) is 1. The molecule has 1 aromatic rings. The minimum absolute atomic E-state index is 0.0918. The molecule has 2 saturated carbocycles. The zero-order valence-electron chi connectivity index (χ0n) is 15.6. The molecule has 1 aromatic heterocycles. The third-order valence-corrected chi connectivity index (χ3v) is 5.83. The topological polar surface area (TPSA) is 68.0 Å². The number of aromatic nitrogens is 1. The van der Waals surface area contributed by atoms with E-state index >= 15 is 0 Å².